The van der Waals surface area contributed by atoms with Gasteiger partial charge in [0.15, 0.2) is 0 Å². The molecule has 2 aromatic heterocycles. The normalized spacial score (nSPS) is 11.3. The van der Waals surface area contributed by atoms with Crippen LogP contribution >= 0.6 is 11.6 Å². The van der Waals surface area contributed by atoms with E-state index in [2.05, 4.69) is 15.5 Å². The molecule has 0 radical (unpaired) electrons. The summed E-state index contributed by atoms with van der Waals surface area (Å²) in [5, 5.41) is 0. The van der Waals surface area contributed by atoms with Crippen LogP contribution in [-0.4, -0.2) is 9.38 Å². The van der Waals surface area contributed by atoms with Gasteiger partial charge in [-0.1, -0.05) is 12.1 Å². The first kappa shape index (κ1) is 8.74. The van der Waals surface area contributed by atoms with Crippen LogP contribution < -0.4 is 0 Å². The molecule has 0 unspecified atom stereocenters. The number of hydrogen-bond acceptors (Lipinski definition) is 1. The molecule has 0 aliphatic rings. The van der Waals surface area contributed by atoms with Crippen LogP contribution in [0.5, 0.6) is 0 Å². The van der Waals surface area contributed by atoms with Gasteiger partial charge in [0.2, 0.25) is 0 Å². The summed E-state index contributed by atoms with van der Waals surface area (Å²) in [6, 6.07) is 12.1. The summed E-state index contributed by atoms with van der Waals surface area (Å²) in [7, 11) is 0. The van der Waals surface area contributed by atoms with Gasteiger partial charge in [0.05, 0.1) is 28.1 Å². The number of para-hydroxylation sites is 2. The van der Waals surface area contributed by atoms with Gasteiger partial charge >= 0.3 is 0 Å². The molecule has 2 nitrogen and oxygen atoms in total. The van der Waals surface area contributed by atoms with Crippen LogP contribution in [0.3, 0.4) is 0 Å². The maximum absolute atomic E-state index is 5.89. The highest BCUT2D eigenvalue weighted by Gasteiger charge is 2.05. The first-order valence-electron chi connectivity index (χ1n) is 4.81. The van der Waals surface area contributed by atoms with Crippen molar-refractivity contribution >= 4 is 28.2 Å². The molecular formula is C12H9ClN2. The third kappa shape index (κ3) is 1.22. The second-order valence-corrected chi connectivity index (χ2v) is 3.71. The molecule has 0 aliphatic heterocycles. The number of hydrogen-bond donors (Lipinski definition) is 0. The Labute approximate surface area is 92.1 Å². The van der Waals surface area contributed by atoms with Crippen molar-refractivity contribution in [2.24, 2.45) is 0 Å². The van der Waals surface area contributed by atoms with Gasteiger partial charge in [-0.05, 0) is 24.3 Å². The molecule has 1 aromatic carbocycles. The second kappa shape index (κ2) is 3.24. The Morgan fingerprint density at radius 3 is 2.73 bits per heavy atom. The van der Waals surface area contributed by atoms with E-state index in [4.69, 9.17) is 11.6 Å². The van der Waals surface area contributed by atoms with Crippen LogP contribution in [0.2, 0.25) is 0 Å². The standard InChI is InChI=1S/C12H9ClN2/c13-8-10-12-6-3-7-15(12)11-5-2-1-4-9(11)14-10/h1-7H,8H2. The van der Waals surface area contributed by atoms with Crippen molar-refractivity contribution < 1.29 is 0 Å². The van der Waals surface area contributed by atoms with Crippen molar-refractivity contribution in [3.63, 3.8) is 0 Å². The lowest BCUT2D eigenvalue weighted by Gasteiger charge is -2.05. The van der Waals surface area contributed by atoms with Crippen LogP contribution in [-0.2, 0) is 5.88 Å². The van der Waals surface area contributed by atoms with Crippen LogP contribution in [0, 0.1) is 0 Å². The fourth-order valence-corrected chi connectivity index (χ4v) is 2.09. The Kier molecular flexibility index (Phi) is 1.89. The highest BCUT2D eigenvalue weighted by molar-refractivity contribution is 6.17. The first-order valence-corrected chi connectivity index (χ1v) is 5.34. The molecule has 0 aliphatic carbocycles. The third-order valence-corrected chi connectivity index (χ3v) is 2.82. The number of benzene rings is 1. The first-order chi connectivity index (χ1) is 7.40. The summed E-state index contributed by atoms with van der Waals surface area (Å²) in [4.78, 5) is 4.54. The van der Waals surface area contributed by atoms with Gasteiger partial charge in [-0.25, -0.2) is 4.98 Å². The molecule has 0 spiro atoms. The minimum atomic E-state index is 0.443. The van der Waals surface area contributed by atoms with E-state index in [1.807, 2.05) is 36.5 Å². The summed E-state index contributed by atoms with van der Waals surface area (Å²) < 4.78 is 2.13. The molecular weight excluding hydrogens is 208 g/mol. The maximum atomic E-state index is 5.89. The van der Waals surface area contributed by atoms with Crippen LogP contribution in [0.15, 0.2) is 42.6 Å². The molecule has 0 saturated heterocycles. The molecule has 0 bridgehead atoms. The fourth-order valence-electron chi connectivity index (χ4n) is 1.89. The molecule has 74 valence electrons. The van der Waals surface area contributed by atoms with Crippen molar-refractivity contribution in [3.8, 4) is 0 Å². The zero-order chi connectivity index (χ0) is 10.3. The Hall–Kier alpha value is -1.54. The van der Waals surface area contributed by atoms with E-state index in [-0.39, 0.29) is 0 Å². The zero-order valence-corrected chi connectivity index (χ0v) is 8.78. The van der Waals surface area contributed by atoms with E-state index >= 15 is 0 Å². The molecule has 3 aromatic rings. The number of fused-ring (bicyclic) bond motifs is 3. The summed E-state index contributed by atoms with van der Waals surface area (Å²) in [6.45, 7) is 0. The molecule has 3 rings (SSSR count). The van der Waals surface area contributed by atoms with E-state index in [0.29, 0.717) is 5.88 Å². The minimum absolute atomic E-state index is 0.443. The topological polar surface area (TPSA) is 17.3 Å². The lowest BCUT2D eigenvalue weighted by molar-refractivity contribution is 1.15. The average Bonchev–Trinajstić information content (AvgIpc) is 2.77. The van der Waals surface area contributed by atoms with E-state index < -0.39 is 0 Å². The van der Waals surface area contributed by atoms with Crippen molar-refractivity contribution in [2.75, 3.05) is 0 Å². The molecule has 15 heavy (non-hydrogen) atoms. The van der Waals surface area contributed by atoms with Gasteiger partial charge in [0.1, 0.15) is 0 Å². The van der Waals surface area contributed by atoms with Gasteiger partial charge < -0.3 is 4.40 Å². The highest BCUT2D eigenvalue weighted by atomic mass is 35.5. The van der Waals surface area contributed by atoms with Crippen molar-refractivity contribution in [3.05, 3.63) is 48.3 Å². The van der Waals surface area contributed by atoms with Crippen LogP contribution in [0.4, 0.5) is 0 Å². The molecule has 0 N–H and O–H groups in total. The highest BCUT2D eigenvalue weighted by Crippen LogP contribution is 2.19. The Morgan fingerprint density at radius 2 is 1.87 bits per heavy atom. The number of alkyl halides is 1. The number of aromatic nitrogens is 2. The monoisotopic (exact) mass is 216 g/mol. The van der Waals surface area contributed by atoms with Gasteiger partial charge in [-0.3, -0.25) is 0 Å². The van der Waals surface area contributed by atoms with Crippen LogP contribution in [0.25, 0.3) is 16.6 Å². The molecule has 3 heteroatoms. The number of rotatable bonds is 1. The van der Waals surface area contributed by atoms with E-state index in [1.165, 1.54) is 0 Å². The summed E-state index contributed by atoms with van der Waals surface area (Å²) in [5.41, 5.74) is 4.12. The average molecular weight is 217 g/mol. The molecule has 2 heterocycles. The van der Waals surface area contributed by atoms with Crippen molar-refractivity contribution in [1.29, 1.82) is 0 Å². The quantitative estimate of drug-likeness (QED) is 0.571. The Morgan fingerprint density at radius 1 is 1.07 bits per heavy atom. The summed E-state index contributed by atoms with van der Waals surface area (Å²) in [5.74, 6) is 0.443. The fraction of sp³-hybridized carbons (Fsp3) is 0.0833. The smallest absolute Gasteiger partial charge is 0.0874 e. The predicted octanol–water partition coefficient (Wildman–Crippen LogP) is 3.23. The number of halogens is 1. The van der Waals surface area contributed by atoms with Gasteiger partial charge in [0, 0.05) is 6.20 Å². The van der Waals surface area contributed by atoms with Gasteiger partial charge in [0.25, 0.3) is 0 Å². The molecule has 0 atom stereocenters. The largest absolute Gasteiger partial charge is 0.313 e. The van der Waals surface area contributed by atoms with Gasteiger partial charge in [-0.2, -0.15) is 0 Å². The third-order valence-electron chi connectivity index (χ3n) is 2.57. The number of nitrogens with zero attached hydrogens (tertiary/aromatic N) is 2. The maximum Gasteiger partial charge on any atom is 0.0874 e. The zero-order valence-electron chi connectivity index (χ0n) is 8.02. The van der Waals surface area contributed by atoms with E-state index in [0.717, 1.165) is 22.2 Å². The molecule has 0 saturated carbocycles. The van der Waals surface area contributed by atoms with Crippen molar-refractivity contribution in [1.82, 2.24) is 9.38 Å². The Bertz CT molecular complexity index is 628. The second-order valence-electron chi connectivity index (χ2n) is 3.44. The predicted molar refractivity (Wildman–Crippen MR) is 62.3 cm³/mol. The lowest BCUT2D eigenvalue weighted by atomic mass is 10.2. The lowest BCUT2D eigenvalue weighted by Crippen LogP contribution is -1.95. The minimum Gasteiger partial charge on any atom is -0.313 e. The molecule has 0 fully saturated rings. The van der Waals surface area contributed by atoms with Crippen molar-refractivity contribution in [2.45, 2.75) is 5.88 Å². The SMILES string of the molecule is ClCc1nc2ccccc2n2cccc12. The summed E-state index contributed by atoms with van der Waals surface area (Å²) in [6.07, 6.45) is 2.04. The van der Waals surface area contributed by atoms with E-state index in [9.17, 15) is 0 Å². The molecule has 0 amide bonds. The van der Waals surface area contributed by atoms with Gasteiger partial charge in [-0.15, -0.1) is 11.6 Å². The summed E-state index contributed by atoms with van der Waals surface area (Å²) >= 11 is 5.89. The Balaban J connectivity index is 2.57. The van der Waals surface area contributed by atoms with Crippen LogP contribution in [0.1, 0.15) is 5.69 Å². The van der Waals surface area contributed by atoms with E-state index in [1.54, 1.807) is 0 Å².